The number of aromatic nitrogens is 4. The third-order valence-electron chi connectivity index (χ3n) is 2.87. The summed E-state index contributed by atoms with van der Waals surface area (Å²) in [6.07, 6.45) is 5.17. The SMILES string of the molecule is C/C(=C\C(C)Nc1ncnc2c1ncn2CCCl)CO. The van der Waals surface area contributed by atoms with Crippen LogP contribution >= 0.6 is 11.6 Å². The van der Waals surface area contributed by atoms with Crippen LogP contribution in [0.15, 0.2) is 24.3 Å². The molecule has 0 bridgehead atoms. The highest BCUT2D eigenvalue weighted by atomic mass is 35.5. The van der Waals surface area contributed by atoms with E-state index in [4.69, 9.17) is 16.7 Å². The first-order valence-electron chi connectivity index (χ1n) is 6.42. The second kappa shape index (κ2) is 6.67. The minimum absolute atomic E-state index is 0.0402. The summed E-state index contributed by atoms with van der Waals surface area (Å²) >= 11 is 5.75. The zero-order valence-corrected chi connectivity index (χ0v) is 12.3. The Bertz CT molecular complexity index is 610. The van der Waals surface area contributed by atoms with E-state index in [0.717, 1.165) is 16.7 Å². The molecule has 20 heavy (non-hydrogen) atoms. The van der Waals surface area contributed by atoms with E-state index in [2.05, 4.69) is 20.3 Å². The zero-order valence-electron chi connectivity index (χ0n) is 11.5. The van der Waals surface area contributed by atoms with Gasteiger partial charge >= 0.3 is 0 Å². The Hall–Kier alpha value is -1.66. The van der Waals surface area contributed by atoms with Gasteiger partial charge in [0.2, 0.25) is 0 Å². The largest absolute Gasteiger partial charge is 0.392 e. The molecule has 0 fully saturated rings. The van der Waals surface area contributed by atoms with Gasteiger partial charge in [0.25, 0.3) is 0 Å². The Kier molecular flexibility index (Phi) is 4.92. The maximum Gasteiger partial charge on any atom is 0.165 e. The van der Waals surface area contributed by atoms with Crippen LogP contribution in [-0.2, 0) is 6.54 Å². The van der Waals surface area contributed by atoms with Crippen molar-refractivity contribution in [2.75, 3.05) is 17.8 Å². The lowest BCUT2D eigenvalue weighted by Gasteiger charge is -2.11. The average molecular weight is 296 g/mol. The number of anilines is 1. The zero-order chi connectivity index (χ0) is 14.5. The molecule has 0 aliphatic heterocycles. The van der Waals surface area contributed by atoms with Crippen LogP contribution in [0, 0.1) is 0 Å². The first-order chi connectivity index (χ1) is 9.65. The van der Waals surface area contributed by atoms with Crippen molar-refractivity contribution in [3.8, 4) is 0 Å². The lowest BCUT2D eigenvalue weighted by molar-refractivity contribution is 0.331. The molecule has 1 unspecified atom stereocenters. The second-order valence-electron chi connectivity index (χ2n) is 4.63. The highest BCUT2D eigenvalue weighted by Crippen LogP contribution is 2.18. The van der Waals surface area contributed by atoms with Crippen LogP contribution < -0.4 is 5.32 Å². The van der Waals surface area contributed by atoms with E-state index in [1.54, 1.807) is 6.33 Å². The summed E-state index contributed by atoms with van der Waals surface area (Å²) in [5.74, 6) is 1.19. The maximum atomic E-state index is 9.03. The van der Waals surface area contributed by atoms with E-state index >= 15 is 0 Å². The fourth-order valence-electron chi connectivity index (χ4n) is 1.98. The van der Waals surface area contributed by atoms with E-state index in [0.29, 0.717) is 18.2 Å². The van der Waals surface area contributed by atoms with Crippen LogP contribution in [0.5, 0.6) is 0 Å². The van der Waals surface area contributed by atoms with Gasteiger partial charge in [-0.05, 0) is 13.8 Å². The van der Waals surface area contributed by atoms with Gasteiger partial charge in [-0.25, -0.2) is 15.0 Å². The van der Waals surface area contributed by atoms with Crippen LogP contribution in [0.4, 0.5) is 5.82 Å². The molecular weight excluding hydrogens is 278 g/mol. The van der Waals surface area contributed by atoms with E-state index in [1.165, 1.54) is 6.33 Å². The third kappa shape index (κ3) is 3.26. The van der Waals surface area contributed by atoms with Gasteiger partial charge in [0.05, 0.1) is 12.9 Å². The number of fused-ring (bicyclic) bond motifs is 1. The van der Waals surface area contributed by atoms with Crippen molar-refractivity contribution in [3.63, 3.8) is 0 Å². The molecular formula is C13H18ClN5O. The van der Waals surface area contributed by atoms with Gasteiger partial charge in [-0.1, -0.05) is 11.6 Å². The Morgan fingerprint density at radius 2 is 2.30 bits per heavy atom. The molecule has 7 heteroatoms. The van der Waals surface area contributed by atoms with Gasteiger partial charge in [-0.15, -0.1) is 11.6 Å². The summed E-state index contributed by atoms with van der Waals surface area (Å²) in [5, 5.41) is 12.3. The lowest BCUT2D eigenvalue weighted by atomic mass is 10.2. The molecule has 2 N–H and O–H groups in total. The lowest BCUT2D eigenvalue weighted by Crippen LogP contribution is -2.14. The van der Waals surface area contributed by atoms with Crippen molar-refractivity contribution in [2.45, 2.75) is 26.4 Å². The smallest absolute Gasteiger partial charge is 0.165 e. The number of aryl methyl sites for hydroxylation is 1. The highest BCUT2D eigenvalue weighted by molar-refractivity contribution is 6.17. The second-order valence-corrected chi connectivity index (χ2v) is 5.00. The van der Waals surface area contributed by atoms with Gasteiger partial charge in [0.1, 0.15) is 11.8 Å². The van der Waals surface area contributed by atoms with Crippen LogP contribution in [0.3, 0.4) is 0 Å². The Labute approximate surface area is 122 Å². The molecule has 0 saturated carbocycles. The van der Waals surface area contributed by atoms with Crippen molar-refractivity contribution < 1.29 is 5.11 Å². The summed E-state index contributed by atoms with van der Waals surface area (Å²) in [6, 6.07) is 0.0402. The molecule has 0 spiro atoms. The van der Waals surface area contributed by atoms with Gasteiger partial charge in [0.15, 0.2) is 11.5 Å². The van der Waals surface area contributed by atoms with Gasteiger partial charge < -0.3 is 15.0 Å². The summed E-state index contributed by atoms with van der Waals surface area (Å²) in [4.78, 5) is 12.8. The standard InChI is InChI=1S/C13H18ClN5O/c1-9(6-20)5-10(2)18-12-11-13(16-7-15-12)19(4-3-14)8-17-11/h5,7-8,10,20H,3-4,6H2,1-2H3,(H,15,16,18)/b9-5+. The fraction of sp³-hybridized carbons (Fsp3) is 0.462. The third-order valence-corrected chi connectivity index (χ3v) is 3.04. The number of alkyl halides is 1. The predicted molar refractivity (Wildman–Crippen MR) is 80.0 cm³/mol. The Balaban J connectivity index is 2.26. The maximum absolute atomic E-state index is 9.03. The number of rotatable bonds is 6. The van der Waals surface area contributed by atoms with Crippen molar-refractivity contribution in [2.24, 2.45) is 0 Å². The van der Waals surface area contributed by atoms with Crippen LogP contribution in [0.1, 0.15) is 13.8 Å². The van der Waals surface area contributed by atoms with E-state index < -0.39 is 0 Å². The molecule has 2 aromatic rings. The molecule has 0 aromatic carbocycles. The van der Waals surface area contributed by atoms with Crippen molar-refractivity contribution >= 4 is 28.6 Å². The average Bonchev–Trinajstić information content (AvgIpc) is 2.83. The minimum atomic E-state index is 0.0402. The first kappa shape index (κ1) is 14.7. The molecule has 0 radical (unpaired) electrons. The van der Waals surface area contributed by atoms with E-state index in [1.807, 2.05) is 24.5 Å². The summed E-state index contributed by atoms with van der Waals surface area (Å²) in [5.41, 5.74) is 2.39. The van der Waals surface area contributed by atoms with Crippen molar-refractivity contribution in [3.05, 3.63) is 24.3 Å². The summed E-state index contributed by atoms with van der Waals surface area (Å²) < 4.78 is 1.90. The molecule has 6 nitrogen and oxygen atoms in total. The summed E-state index contributed by atoms with van der Waals surface area (Å²) in [6.45, 7) is 4.58. The van der Waals surface area contributed by atoms with Gasteiger partial charge in [-0.2, -0.15) is 0 Å². The van der Waals surface area contributed by atoms with Crippen LogP contribution in [-0.4, -0.2) is 43.2 Å². The fourth-order valence-corrected chi connectivity index (χ4v) is 2.16. The minimum Gasteiger partial charge on any atom is -0.392 e. The number of aliphatic hydroxyl groups excluding tert-OH is 1. The van der Waals surface area contributed by atoms with E-state index in [9.17, 15) is 0 Å². The molecule has 1 atom stereocenters. The van der Waals surface area contributed by atoms with Crippen LogP contribution in [0.25, 0.3) is 11.2 Å². The van der Waals surface area contributed by atoms with Gasteiger partial charge in [-0.3, -0.25) is 0 Å². The molecule has 108 valence electrons. The first-order valence-corrected chi connectivity index (χ1v) is 6.95. The van der Waals surface area contributed by atoms with Crippen molar-refractivity contribution in [1.82, 2.24) is 19.5 Å². The quantitative estimate of drug-likeness (QED) is 0.628. The Morgan fingerprint density at radius 1 is 1.50 bits per heavy atom. The van der Waals surface area contributed by atoms with Gasteiger partial charge in [0, 0.05) is 18.5 Å². The monoisotopic (exact) mass is 295 g/mol. The van der Waals surface area contributed by atoms with Crippen LogP contribution in [0.2, 0.25) is 0 Å². The number of nitrogens with one attached hydrogen (secondary N) is 1. The summed E-state index contributed by atoms with van der Waals surface area (Å²) in [7, 11) is 0. The number of imidazole rings is 1. The number of halogens is 1. The Morgan fingerprint density at radius 3 is 3.00 bits per heavy atom. The molecule has 0 aliphatic rings. The number of aliphatic hydroxyl groups is 1. The number of hydrogen-bond acceptors (Lipinski definition) is 5. The van der Waals surface area contributed by atoms with Crippen molar-refractivity contribution in [1.29, 1.82) is 0 Å². The highest BCUT2D eigenvalue weighted by Gasteiger charge is 2.11. The topological polar surface area (TPSA) is 75.9 Å². The molecule has 2 heterocycles. The molecule has 0 amide bonds. The molecule has 0 saturated heterocycles. The van der Waals surface area contributed by atoms with E-state index in [-0.39, 0.29) is 12.6 Å². The molecule has 0 aliphatic carbocycles. The normalized spacial score (nSPS) is 13.7. The predicted octanol–water partition coefficient (Wildman–Crippen LogP) is 1.80. The molecule has 2 rings (SSSR count). The number of hydrogen-bond donors (Lipinski definition) is 2. The number of nitrogens with zero attached hydrogens (tertiary/aromatic N) is 4. The molecule has 2 aromatic heterocycles.